The van der Waals surface area contributed by atoms with Gasteiger partial charge in [-0.05, 0) is 30.4 Å². The molecule has 1 unspecified atom stereocenters. The normalized spacial score (nSPS) is 14.1. The number of rotatable bonds is 11. The van der Waals surface area contributed by atoms with Gasteiger partial charge in [-0.1, -0.05) is 51.1 Å². The first kappa shape index (κ1) is 21.3. The molecule has 4 N–H and O–H groups in total. The number of aliphatic carboxylic acids is 1. The SMILES string of the molecule is CC(C)(C)CCN[C@H](CC(=O)O)C(=O)C(CCNO)c1ccccc1. The van der Waals surface area contributed by atoms with E-state index in [4.69, 9.17) is 5.21 Å². The van der Waals surface area contributed by atoms with Crippen molar-refractivity contribution in [2.24, 2.45) is 5.41 Å². The Kier molecular flexibility index (Phi) is 8.75. The van der Waals surface area contributed by atoms with Crippen molar-refractivity contribution >= 4 is 11.8 Å². The van der Waals surface area contributed by atoms with E-state index in [0.717, 1.165) is 12.0 Å². The number of hydroxylamine groups is 1. The highest BCUT2D eigenvalue weighted by molar-refractivity contribution is 5.93. The van der Waals surface area contributed by atoms with Crippen LogP contribution in [0.3, 0.4) is 0 Å². The Morgan fingerprint density at radius 2 is 1.76 bits per heavy atom. The third-order valence-electron chi connectivity index (χ3n) is 4.08. The maximum absolute atomic E-state index is 13.0. The molecular weight excluding hydrogens is 320 g/mol. The van der Waals surface area contributed by atoms with Crippen molar-refractivity contribution in [3.8, 4) is 0 Å². The van der Waals surface area contributed by atoms with Crippen LogP contribution < -0.4 is 10.8 Å². The van der Waals surface area contributed by atoms with E-state index < -0.39 is 17.9 Å². The molecule has 0 aliphatic heterocycles. The average Bonchev–Trinajstić information content (AvgIpc) is 2.53. The van der Waals surface area contributed by atoms with Gasteiger partial charge in [0.2, 0.25) is 0 Å². The van der Waals surface area contributed by atoms with Gasteiger partial charge in [-0.2, -0.15) is 0 Å². The Morgan fingerprint density at radius 3 is 2.28 bits per heavy atom. The molecule has 0 fully saturated rings. The predicted molar refractivity (Wildman–Crippen MR) is 96.7 cm³/mol. The van der Waals surface area contributed by atoms with Crippen LogP contribution in [0.15, 0.2) is 30.3 Å². The smallest absolute Gasteiger partial charge is 0.305 e. The van der Waals surface area contributed by atoms with Crippen LogP contribution in [0.25, 0.3) is 0 Å². The third-order valence-corrected chi connectivity index (χ3v) is 4.08. The van der Waals surface area contributed by atoms with E-state index in [9.17, 15) is 14.7 Å². The quantitative estimate of drug-likeness (QED) is 0.458. The molecule has 6 heteroatoms. The molecule has 0 radical (unpaired) electrons. The Morgan fingerprint density at radius 1 is 1.12 bits per heavy atom. The molecule has 1 aromatic rings. The van der Waals surface area contributed by atoms with Gasteiger partial charge in [0.15, 0.2) is 5.78 Å². The van der Waals surface area contributed by atoms with E-state index in [1.165, 1.54) is 0 Å². The zero-order valence-corrected chi connectivity index (χ0v) is 15.3. The second-order valence-corrected chi connectivity index (χ2v) is 7.48. The molecule has 6 nitrogen and oxygen atoms in total. The summed E-state index contributed by atoms with van der Waals surface area (Å²) in [6.45, 7) is 7.13. The lowest BCUT2D eigenvalue weighted by molar-refractivity contribution is -0.139. The van der Waals surface area contributed by atoms with Gasteiger partial charge in [0, 0.05) is 12.5 Å². The van der Waals surface area contributed by atoms with Gasteiger partial charge in [0.25, 0.3) is 0 Å². The molecule has 140 valence electrons. The van der Waals surface area contributed by atoms with Gasteiger partial charge in [0.05, 0.1) is 12.5 Å². The number of benzene rings is 1. The molecule has 0 saturated carbocycles. The van der Waals surface area contributed by atoms with Crippen molar-refractivity contribution in [2.75, 3.05) is 13.1 Å². The number of hydrogen-bond donors (Lipinski definition) is 4. The molecule has 0 aromatic heterocycles. The Hall–Kier alpha value is -1.76. The molecular formula is C19H30N2O4. The predicted octanol–water partition coefficient (Wildman–Crippen LogP) is 2.58. The minimum Gasteiger partial charge on any atom is -0.481 e. The number of hydrogen-bond acceptors (Lipinski definition) is 5. The molecule has 0 heterocycles. The summed E-state index contributed by atoms with van der Waals surface area (Å²) in [5, 5.41) is 21.2. The summed E-state index contributed by atoms with van der Waals surface area (Å²) in [4.78, 5) is 24.2. The summed E-state index contributed by atoms with van der Waals surface area (Å²) < 4.78 is 0. The molecule has 25 heavy (non-hydrogen) atoms. The monoisotopic (exact) mass is 350 g/mol. The molecule has 0 aliphatic carbocycles. The van der Waals surface area contributed by atoms with Crippen molar-refractivity contribution in [3.63, 3.8) is 0 Å². The maximum Gasteiger partial charge on any atom is 0.305 e. The lowest BCUT2D eigenvalue weighted by Crippen LogP contribution is -2.42. The maximum atomic E-state index is 13.0. The molecule has 0 aliphatic rings. The minimum absolute atomic E-state index is 0.101. The van der Waals surface area contributed by atoms with Crippen molar-refractivity contribution in [2.45, 2.75) is 52.0 Å². The van der Waals surface area contributed by atoms with Gasteiger partial charge in [-0.3, -0.25) is 9.59 Å². The van der Waals surface area contributed by atoms with Crippen molar-refractivity contribution in [3.05, 3.63) is 35.9 Å². The fourth-order valence-electron chi connectivity index (χ4n) is 2.68. The molecule has 1 aromatic carbocycles. The van der Waals surface area contributed by atoms with Gasteiger partial charge in [0.1, 0.15) is 0 Å². The molecule has 0 bridgehead atoms. The lowest BCUT2D eigenvalue weighted by atomic mass is 9.86. The third kappa shape index (κ3) is 8.25. The standard InChI is InChI=1S/C19H30N2O4/c1-19(2,3)10-12-20-16(13-17(22)23)18(24)15(9-11-21-25)14-7-5-4-6-8-14/h4-8,15-16,20-21,25H,9-13H2,1-3H3,(H,22,23)/t15?,16-/m1/s1. The average molecular weight is 350 g/mol. The zero-order chi connectivity index (χ0) is 18.9. The van der Waals surface area contributed by atoms with Crippen molar-refractivity contribution in [1.82, 2.24) is 10.8 Å². The zero-order valence-electron chi connectivity index (χ0n) is 15.3. The van der Waals surface area contributed by atoms with Gasteiger partial charge >= 0.3 is 5.97 Å². The van der Waals surface area contributed by atoms with Gasteiger partial charge in [-0.25, -0.2) is 5.48 Å². The van der Waals surface area contributed by atoms with Crippen LogP contribution >= 0.6 is 0 Å². The van der Waals surface area contributed by atoms with E-state index >= 15 is 0 Å². The van der Waals surface area contributed by atoms with Crippen LogP contribution in [0.1, 0.15) is 51.5 Å². The topological polar surface area (TPSA) is 98.7 Å². The van der Waals surface area contributed by atoms with Crippen LogP contribution in [0.2, 0.25) is 0 Å². The first-order valence-electron chi connectivity index (χ1n) is 8.65. The number of carboxylic acids is 1. The van der Waals surface area contributed by atoms with Crippen LogP contribution in [0.5, 0.6) is 0 Å². The summed E-state index contributed by atoms with van der Waals surface area (Å²) in [5.41, 5.74) is 3.01. The Labute approximate surface area is 149 Å². The van der Waals surface area contributed by atoms with E-state index in [1.807, 2.05) is 30.3 Å². The van der Waals surface area contributed by atoms with E-state index in [2.05, 4.69) is 31.6 Å². The molecule has 0 saturated heterocycles. The first-order chi connectivity index (χ1) is 11.7. The van der Waals surface area contributed by atoms with Crippen molar-refractivity contribution in [1.29, 1.82) is 0 Å². The largest absolute Gasteiger partial charge is 0.481 e. The Bertz CT molecular complexity index is 540. The highest BCUT2D eigenvalue weighted by atomic mass is 16.5. The second-order valence-electron chi connectivity index (χ2n) is 7.48. The van der Waals surface area contributed by atoms with E-state index in [-0.39, 0.29) is 24.2 Å². The van der Waals surface area contributed by atoms with Gasteiger partial charge < -0.3 is 15.6 Å². The summed E-state index contributed by atoms with van der Waals surface area (Å²) in [5.74, 6) is -1.63. The summed E-state index contributed by atoms with van der Waals surface area (Å²) >= 11 is 0. The fraction of sp³-hybridized carbons (Fsp3) is 0.579. The van der Waals surface area contributed by atoms with Crippen molar-refractivity contribution < 1.29 is 19.9 Å². The molecule has 2 atom stereocenters. The number of carbonyl (C=O) groups excluding carboxylic acids is 1. The number of nitrogens with one attached hydrogen (secondary N) is 2. The number of carbonyl (C=O) groups is 2. The minimum atomic E-state index is -1.01. The second kappa shape index (κ2) is 10.3. The fourth-order valence-corrected chi connectivity index (χ4v) is 2.68. The van der Waals surface area contributed by atoms with E-state index in [1.54, 1.807) is 0 Å². The van der Waals surface area contributed by atoms with Gasteiger partial charge in [-0.15, -0.1) is 0 Å². The molecule has 0 amide bonds. The summed E-state index contributed by atoms with van der Waals surface area (Å²) in [6, 6.07) is 8.53. The Balaban J connectivity index is 2.90. The summed E-state index contributed by atoms with van der Waals surface area (Å²) in [6.07, 6.45) is 0.986. The lowest BCUT2D eigenvalue weighted by Gasteiger charge is -2.25. The van der Waals surface area contributed by atoms with Crippen LogP contribution in [-0.4, -0.2) is 41.2 Å². The number of carboxylic acid groups (broad SMARTS) is 1. The first-order valence-corrected chi connectivity index (χ1v) is 8.65. The number of ketones is 1. The number of Topliss-reactive ketones (excluding diaryl/α,β-unsaturated/α-hetero) is 1. The molecule has 1 rings (SSSR count). The van der Waals surface area contributed by atoms with Crippen LogP contribution in [0, 0.1) is 5.41 Å². The highest BCUT2D eigenvalue weighted by Gasteiger charge is 2.29. The van der Waals surface area contributed by atoms with E-state index in [0.29, 0.717) is 13.0 Å². The molecule has 0 spiro atoms. The highest BCUT2D eigenvalue weighted by Crippen LogP contribution is 2.23. The van der Waals surface area contributed by atoms with Crippen LogP contribution in [0.4, 0.5) is 0 Å². The summed E-state index contributed by atoms with van der Waals surface area (Å²) in [7, 11) is 0. The van der Waals surface area contributed by atoms with Crippen LogP contribution in [-0.2, 0) is 9.59 Å².